The van der Waals surface area contributed by atoms with Crippen LogP contribution in [0.1, 0.15) is 18.4 Å². The van der Waals surface area contributed by atoms with Gasteiger partial charge in [-0.05, 0) is 31.0 Å². The molecule has 0 aliphatic carbocycles. The third kappa shape index (κ3) is 3.50. The zero-order valence-electron chi connectivity index (χ0n) is 14.9. The lowest BCUT2D eigenvalue weighted by atomic mass is 10.0. The molecule has 5 nitrogen and oxygen atoms in total. The van der Waals surface area contributed by atoms with Crippen LogP contribution < -0.4 is 4.90 Å². The number of ether oxygens (including phenoxy) is 1. The fourth-order valence-electron chi connectivity index (χ4n) is 3.77. The molecule has 2 heterocycles. The Morgan fingerprint density at radius 2 is 1.79 bits per heavy atom. The highest BCUT2D eigenvalue weighted by molar-refractivity contribution is 7.89. The highest BCUT2D eigenvalue weighted by Gasteiger charge is 2.35. The van der Waals surface area contributed by atoms with Gasteiger partial charge in [0.2, 0.25) is 10.0 Å². The van der Waals surface area contributed by atoms with E-state index < -0.39 is 31.6 Å². The van der Waals surface area contributed by atoms with Gasteiger partial charge in [-0.25, -0.2) is 17.2 Å². The molecule has 1 saturated heterocycles. The molecule has 1 fully saturated rings. The lowest BCUT2D eigenvalue weighted by Gasteiger charge is -2.41. The standard InChI is InChI=1S/C19H19ClF2N2O3S/c20-15-9-17(22)19(10-16(15)21)28(25,26)23-7-5-14(6-8-23)24-12-27-11-13-3-1-2-4-18(13)24/h1-4,9-10,14H,5-8,11-12H2. The molecule has 150 valence electrons. The van der Waals surface area contributed by atoms with Gasteiger partial charge in [-0.3, -0.25) is 0 Å². The number of nitrogens with zero attached hydrogens (tertiary/aromatic N) is 2. The first-order valence-corrected chi connectivity index (χ1v) is 10.8. The van der Waals surface area contributed by atoms with Gasteiger partial charge >= 0.3 is 0 Å². The van der Waals surface area contributed by atoms with Crippen LogP contribution in [0.2, 0.25) is 5.02 Å². The molecule has 2 aromatic rings. The average Bonchev–Trinajstić information content (AvgIpc) is 2.70. The molecular formula is C19H19ClF2N2O3S. The smallest absolute Gasteiger partial charge is 0.246 e. The minimum Gasteiger partial charge on any atom is -0.356 e. The van der Waals surface area contributed by atoms with Crippen LogP contribution in [0.25, 0.3) is 0 Å². The van der Waals surface area contributed by atoms with Crippen LogP contribution in [0.15, 0.2) is 41.3 Å². The number of para-hydroxylation sites is 1. The van der Waals surface area contributed by atoms with Crippen LogP contribution in [-0.4, -0.2) is 38.6 Å². The van der Waals surface area contributed by atoms with Gasteiger partial charge in [0.1, 0.15) is 23.3 Å². The number of fused-ring (bicyclic) bond motifs is 1. The summed E-state index contributed by atoms with van der Waals surface area (Å²) in [5, 5.41) is -0.445. The average molecular weight is 429 g/mol. The van der Waals surface area contributed by atoms with Crippen molar-refractivity contribution in [3.8, 4) is 0 Å². The van der Waals surface area contributed by atoms with E-state index in [0.717, 1.165) is 11.3 Å². The van der Waals surface area contributed by atoms with E-state index in [4.69, 9.17) is 16.3 Å². The summed E-state index contributed by atoms with van der Waals surface area (Å²) in [7, 11) is -4.14. The van der Waals surface area contributed by atoms with Crippen LogP contribution in [0, 0.1) is 11.6 Å². The molecule has 0 bridgehead atoms. The SMILES string of the molecule is O=S(=O)(c1cc(F)c(Cl)cc1F)N1CCC(N2COCc3ccccc32)CC1. The minimum atomic E-state index is -4.14. The predicted octanol–water partition coefficient (Wildman–Crippen LogP) is 3.77. The molecule has 2 aliphatic heterocycles. The number of hydrogen-bond acceptors (Lipinski definition) is 4. The third-order valence-electron chi connectivity index (χ3n) is 5.25. The van der Waals surface area contributed by atoms with Gasteiger partial charge in [-0.2, -0.15) is 4.31 Å². The Balaban J connectivity index is 1.51. The molecule has 9 heteroatoms. The van der Waals surface area contributed by atoms with Crippen molar-refractivity contribution in [3.63, 3.8) is 0 Å². The molecule has 0 atom stereocenters. The molecule has 4 rings (SSSR count). The molecular weight excluding hydrogens is 410 g/mol. The Bertz CT molecular complexity index is 995. The van der Waals surface area contributed by atoms with Crippen molar-refractivity contribution >= 4 is 27.3 Å². The Hall–Kier alpha value is -1.74. The van der Waals surface area contributed by atoms with E-state index in [9.17, 15) is 17.2 Å². The van der Waals surface area contributed by atoms with Crippen LogP contribution in [0.4, 0.5) is 14.5 Å². The Kier molecular flexibility index (Phi) is 5.30. The maximum Gasteiger partial charge on any atom is 0.246 e. The van der Waals surface area contributed by atoms with Gasteiger partial charge in [0, 0.05) is 30.4 Å². The second-order valence-electron chi connectivity index (χ2n) is 6.91. The number of hydrogen-bond donors (Lipinski definition) is 0. The summed E-state index contributed by atoms with van der Waals surface area (Å²) in [6, 6.07) is 9.42. The molecule has 28 heavy (non-hydrogen) atoms. The molecule has 2 aromatic carbocycles. The van der Waals surface area contributed by atoms with Crippen LogP contribution in [0.5, 0.6) is 0 Å². The van der Waals surface area contributed by atoms with Crippen molar-refractivity contribution in [2.45, 2.75) is 30.4 Å². The van der Waals surface area contributed by atoms with Crippen molar-refractivity contribution in [2.75, 3.05) is 24.7 Å². The third-order valence-corrected chi connectivity index (χ3v) is 7.45. The van der Waals surface area contributed by atoms with Gasteiger partial charge < -0.3 is 9.64 Å². The molecule has 0 amide bonds. The second kappa shape index (κ2) is 7.59. The summed E-state index contributed by atoms with van der Waals surface area (Å²) >= 11 is 5.53. The lowest BCUT2D eigenvalue weighted by Crippen LogP contribution is -2.48. The summed E-state index contributed by atoms with van der Waals surface area (Å²) < 4.78 is 60.3. The topological polar surface area (TPSA) is 49.9 Å². The van der Waals surface area contributed by atoms with E-state index in [1.54, 1.807) is 0 Å². The van der Waals surface area contributed by atoms with Crippen molar-refractivity contribution in [3.05, 3.63) is 58.6 Å². The fourth-order valence-corrected chi connectivity index (χ4v) is 5.45. The molecule has 0 unspecified atom stereocenters. The van der Waals surface area contributed by atoms with Gasteiger partial charge in [-0.1, -0.05) is 29.8 Å². The van der Waals surface area contributed by atoms with E-state index in [1.807, 2.05) is 24.3 Å². The molecule has 0 spiro atoms. The fraction of sp³-hybridized carbons (Fsp3) is 0.368. The van der Waals surface area contributed by atoms with Gasteiger partial charge in [0.25, 0.3) is 0 Å². The monoisotopic (exact) mass is 428 g/mol. The summed E-state index contributed by atoms with van der Waals surface area (Å²) in [4.78, 5) is 1.46. The van der Waals surface area contributed by atoms with E-state index >= 15 is 0 Å². The second-order valence-corrected chi connectivity index (χ2v) is 9.22. The van der Waals surface area contributed by atoms with E-state index in [0.29, 0.717) is 38.3 Å². The van der Waals surface area contributed by atoms with Crippen LogP contribution >= 0.6 is 11.6 Å². The summed E-state index contributed by atoms with van der Waals surface area (Å²) in [5.74, 6) is -2.01. The van der Waals surface area contributed by atoms with Gasteiger partial charge in [0.05, 0.1) is 11.6 Å². The first kappa shape index (κ1) is 19.6. The Morgan fingerprint density at radius 1 is 1.07 bits per heavy atom. The van der Waals surface area contributed by atoms with Crippen molar-refractivity contribution in [1.82, 2.24) is 4.31 Å². The first-order chi connectivity index (χ1) is 13.4. The molecule has 0 N–H and O–H groups in total. The molecule has 2 aliphatic rings. The number of rotatable bonds is 3. The van der Waals surface area contributed by atoms with E-state index in [2.05, 4.69) is 4.90 Å². The highest BCUT2D eigenvalue weighted by Crippen LogP contribution is 2.32. The summed E-state index contributed by atoms with van der Waals surface area (Å²) in [5.41, 5.74) is 2.20. The van der Waals surface area contributed by atoms with E-state index in [-0.39, 0.29) is 19.1 Å². The van der Waals surface area contributed by atoms with Crippen LogP contribution in [0.3, 0.4) is 0 Å². The first-order valence-electron chi connectivity index (χ1n) is 8.95. The molecule has 0 radical (unpaired) electrons. The van der Waals surface area contributed by atoms with Crippen molar-refractivity contribution < 1.29 is 21.9 Å². The number of halogens is 3. The minimum absolute atomic E-state index is 0.111. The van der Waals surface area contributed by atoms with Crippen molar-refractivity contribution in [1.29, 1.82) is 0 Å². The number of anilines is 1. The predicted molar refractivity (Wildman–Crippen MR) is 102 cm³/mol. The maximum atomic E-state index is 14.1. The summed E-state index contributed by atoms with van der Waals surface area (Å²) in [6.07, 6.45) is 1.13. The zero-order valence-corrected chi connectivity index (χ0v) is 16.5. The highest BCUT2D eigenvalue weighted by atomic mass is 35.5. The number of sulfonamides is 1. The van der Waals surface area contributed by atoms with Crippen LogP contribution in [-0.2, 0) is 21.4 Å². The Morgan fingerprint density at radius 3 is 2.54 bits per heavy atom. The van der Waals surface area contributed by atoms with E-state index in [1.165, 1.54) is 4.31 Å². The number of benzene rings is 2. The van der Waals surface area contributed by atoms with Gasteiger partial charge in [-0.15, -0.1) is 0 Å². The zero-order chi connectivity index (χ0) is 19.9. The lowest BCUT2D eigenvalue weighted by molar-refractivity contribution is 0.0988. The molecule has 0 aromatic heterocycles. The number of piperidine rings is 1. The van der Waals surface area contributed by atoms with Crippen molar-refractivity contribution in [2.24, 2.45) is 0 Å². The maximum absolute atomic E-state index is 14.1. The normalized spacial score (nSPS) is 18.9. The quantitative estimate of drug-likeness (QED) is 0.698. The largest absolute Gasteiger partial charge is 0.356 e. The molecule has 0 saturated carbocycles. The van der Waals surface area contributed by atoms with Gasteiger partial charge in [0.15, 0.2) is 0 Å². The Labute approximate surface area is 167 Å². The summed E-state index contributed by atoms with van der Waals surface area (Å²) in [6.45, 7) is 1.44.